The summed E-state index contributed by atoms with van der Waals surface area (Å²) in [5.74, 6) is 0.686. The Kier molecular flexibility index (Phi) is 6.52. The molecule has 1 saturated carbocycles. The minimum atomic E-state index is -0.171. The molecule has 0 N–H and O–H groups in total. The van der Waals surface area contributed by atoms with Crippen molar-refractivity contribution in [2.24, 2.45) is 11.3 Å². The van der Waals surface area contributed by atoms with Gasteiger partial charge in [-0.1, -0.05) is 19.1 Å². The summed E-state index contributed by atoms with van der Waals surface area (Å²) in [7, 11) is 1.62. The highest BCUT2D eigenvalue weighted by Gasteiger charge is 2.55. The molecule has 1 fully saturated rings. The Morgan fingerprint density at radius 3 is 2.68 bits per heavy atom. The Hall–Kier alpha value is -0.870. The van der Waals surface area contributed by atoms with Crippen LogP contribution < -0.4 is 0 Å². The summed E-state index contributed by atoms with van der Waals surface area (Å²) >= 11 is 0. The number of rotatable bonds is 9. The quantitative estimate of drug-likeness (QED) is 0.367. The van der Waals surface area contributed by atoms with Gasteiger partial charge in [0.05, 0.1) is 12.0 Å². The molecule has 0 radical (unpaired) electrons. The van der Waals surface area contributed by atoms with Gasteiger partial charge in [-0.25, -0.2) is 0 Å². The molecule has 0 heterocycles. The van der Waals surface area contributed by atoms with Gasteiger partial charge in [0.15, 0.2) is 0 Å². The molecule has 0 unspecified atom stereocenters. The second-order valence-electron chi connectivity index (χ2n) is 5.24. The summed E-state index contributed by atoms with van der Waals surface area (Å²) in [6.45, 7) is 8.74. The maximum Gasteiger partial charge on any atom is 0.229 e. The van der Waals surface area contributed by atoms with Gasteiger partial charge >= 0.3 is 0 Å². The third-order valence-electron chi connectivity index (χ3n) is 3.84. The summed E-state index contributed by atoms with van der Waals surface area (Å²) in [5.41, 5.74) is -0.171. The molecule has 1 rings (SSSR count). The first-order valence-electron chi connectivity index (χ1n) is 7.12. The number of methoxy groups -OCH3 is 1. The van der Waals surface area contributed by atoms with Gasteiger partial charge in [0.2, 0.25) is 5.91 Å². The lowest BCUT2D eigenvalue weighted by molar-refractivity contribution is -0.136. The van der Waals surface area contributed by atoms with E-state index >= 15 is 0 Å². The van der Waals surface area contributed by atoms with Crippen LogP contribution in [-0.4, -0.2) is 44.4 Å². The smallest absolute Gasteiger partial charge is 0.229 e. The van der Waals surface area contributed by atoms with E-state index in [0.717, 1.165) is 25.9 Å². The lowest BCUT2D eigenvalue weighted by Crippen LogP contribution is -2.36. The minimum Gasteiger partial charge on any atom is -0.359 e. The number of carbonyl (C=O) groups is 1. The zero-order valence-corrected chi connectivity index (χ0v) is 12.6. The Bertz CT molecular complexity index is 313. The highest BCUT2D eigenvalue weighted by Crippen LogP contribution is 2.54. The van der Waals surface area contributed by atoms with Crippen LogP contribution in [0, 0.1) is 11.3 Å². The van der Waals surface area contributed by atoms with Crippen LogP contribution in [0.2, 0.25) is 0 Å². The van der Waals surface area contributed by atoms with Crippen molar-refractivity contribution >= 4 is 5.91 Å². The molecule has 4 nitrogen and oxygen atoms in total. The lowest BCUT2D eigenvalue weighted by Gasteiger charge is -2.23. The number of carbonyl (C=O) groups excluding carboxylic acids is 1. The van der Waals surface area contributed by atoms with Crippen LogP contribution in [0.25, 0.3) is 0 Å². The molecule has 19 heavy (non-hydrogen) atoms. The van der Waals surface area contributed by atoms with E-state index in [1.165, 1.54) is 0 Å². The van der Waals surface area contributed by atoms with E-state index in [2.05, 4.69) is 19.1 Å². The second-order valence-corrected chi connectivity index (χ2v) is 5.24. The van der Waals surface area contributed by atoms with Gasteiger partial charge in [0.25, 0.3) is 0 Å². The summed E-state index contributed by atoms with van der Waals surface area (Å²) in [5, 5.41) is 0. The molecule has 0 aliphatic heterocycles. The molecule has 0 aromatic carbocycles. The zero-order valence-electron chi connectivity index (χ0n) is 12.6. The molecular weight excluding hydrogens is 242 g/mol. The molecule has 0 aromatic heterocycles. The highest BCUT2D eigenvalue weighted by molar-refractivity contribution is 5.86. The van der Waals surface area contributed by atoms with E-state index in [0.29, 0.717) is 25.2 Å². The summed E-state index contributed by atoms with van der Waals surface area (Å²) in [4.78, 5) is 14.3. The van der Waals surface area contributed by atoms with E-state index in [9.17, 15) is 4.79 Å². The first-order valence-corrected chi connectivity index (χ1v) is 7.12. The SMILES string of the molecule is CCN(CC)C(=O)[C@@]1(C)C[C@H]1/C=C/CCOCOC. The predicted octanol–water partition coefficient (Wildman–Crippen LogP) is 2.45. The van der Waals surface area contributed by atoms with Crippen LogP contribution in [0.4, 0.5) is 0 Å². The van der Waals surface area contributed by atoms with Gasteiger partial charge in [0, 0.05) is 20.2 Å². The van der Waals surface area contributed by atoms with Crippen molar-refractivity contribution in [1.82, 2.24) is 4.90 Å². The Balaban J connectivity index is 2.32. The Morgan fingerprint density at radius 1 is 1.42 bits per heavy atom. The third kappa shape index (κ3) is 4.32. The van der Waals surface area contributed by atoms with Crippen molar-refractivity contribution in [3.05, 3.63) is 12.2 Å². The monoisotopic (exact) mass is 269 g/mol. The van der Waals surface area contributed by atoms with E-state index in [4.69, 9.17) is 9.47 Å². The number of amides is 1. The third-order valence-corrected chi connectivity index (χ3v) is 3.84. The van der Waals surface area contributed by atoms with Crippen molar-refractivity contribution in [2.45, 2.75) is 33.6 Å². The van der Waals surface area contributed by atoms with Crippen LogP contribution in [-0.2, 0) is 14.3 Å². The topological polar surface area (TPSA) is 38.8 Å². The van der Waals surface area contributed by atoms with Gasteiger partial charge in [-0.05, 0) is 32.6 Å². The highest BCUT2D eigenvalue weighted by atomic mass is 16.7. The summed E-state index contributed by atoms with van der Waals surface area (Å²) in [6.07, 6.45) is 6.12. The van der Waals surface area contributed by atoms with Crippen molar-refractivity contribution in [1.29, 1.82) is 0 Å². The Morgan fingerprint density at radius 2 is 2.11 bits per heavy atom. The van der Waals surface area contributed by atoms with E-state index < -0.39 is 0 Å². The van der Waals surface area contributed by atoms with Crippen LogP contribution in [0.5, 0.6) is 0 Å². The number of allylic oxidation sites excluding steroid dienone is 1. The maximum absolute atomic E-state index is 12.3. The molecule has 0 aromatic rings. The molecule has 2 atom stereocenters. The van der Waals surface area contributed by atoms with Crippen molar-refractivity contribution in [3.8, 4) is 0 Å². The van der Waals surface area contributed by atoms with Gasteiger partial charge in [-0.2, -0.15) is 0 Å². The van der Waals surface area contributed by atoms with Crippen LogP contribution >= 0.6 is 0 Å². The van der Waals surface area contributed by atoms with Crippen molar-refractivity contribution < 1.29 is 14.3 Å². The van der Waals surface area contributed by atoms with E-state index in [1.807, 2.05) is 18.7 Å². The van der Waals surface area contributed by atoms with E-state index in [1.54, 1.807) is 7.11 Å². The van der Waals surface area contributed by atoms with Crippen LogP contribution in [0.15, 0.2) is 12.2 Å². The largest absolute Gasteiger partial charge is 0.359 e. The number of hydrogen-bond acceptors (Lipinski definition) is 3. The second kappa shape index (κ2) is 7.65. The molecular formula is C15H27NO3. The number of ether oxygens (including phenoxy) is 2. The zero-order chi connectivity index (χ0) is 14.3. The number of hydrogen-bond donors (Lipinski definition) is 0. The molecule has 1 aliphatic carbocycles. The average molecular weight is 269 g/mol. The predicted molar refractivity (Wildman–Crippen MR) is 75.7 cm³/mol. The summed E-state index contributed by atoms with van der Waals surface area (Å²) in [6, 6.07) is 0. The molecule has 1 amide bonds. The maximum atomic E-state index is 12.3. The molecule has 0 saturated heterocycles. The fourth-order valence-corrected chi connectivity index (χ4v) is 2.35. The average Bonchev–Trinajstić information content (AvgIpc) is 3.07. The van der Waals surface area contributed by atoms with Gasteiger partial charge in [-0.15, -0.1) is 0 Å². The summed E-state index contributed by atoms with van der Waals surface area (Å²) < 4.78 is 10.0. The molecule has 4 heteroatoms. The van der Waals surface area contributed by atoms with Crippen LogP contribution in [0.1, 0.15) is 33.6 Å². The first kappa shape index (κ1) is 16.2. The van der Waals surface area contributed by atoms with Gasteiger partial charge in [-0.3, -0.25) is 4.79 Å². The standard InChI is InChI=1S/C15H27NO3/c1-5-16(6-2)14(17)15(3)11-13(15)9-7-8-10-19-12-18-4/h7,9,13H,5-6,8,10-12H2,1-4H3/b9-7+/t13-,15+/m1/s1. The van der Waals surface area contributed by atoms with Crippen molar-refractivity contribution in [3.63, 3.8) is 0 Å². The normalized spacial score (nSPS) is 25.8. The minimum absolute atomic E-state index is 0.171. The molecule has 110 valence electrons. The fourth-order valence-electron chi connectivity index (χ4n) is 2.35. The van der Waals surface area contributed by atoms with Gasteiger partial charge < -0.3 is 14.4 Å². The van der Waals surface area contributed by atoms with Crippen LogP contribution in [0.3, 0.4) is 0 Å². The Labute approximate surface area is 116 Å². The molecule has 0 bridgehead atoms. The fraction of sp³-hybridized carbons (Fsp3) is 0.800. The molecule has 1 aliphatic rings. The van der Waals surface area contributed by atoms with Gasteiger partial charge in [0.1, 0.15) is 6.79 Å². The van der Waals surface area contributed by atoms with E-state index in [-0.39, 0.29) is 5.41 Å². The number of nitrogens with zero attached hydrogens (tertiary/aromatic N) is 1. The first-order chi connectivity index (χ1) is 9.10. The molecule has 0 spiro atoms. The lowest BCUT2D eigenvalue weighted by atomic mass is 10.0. The van der Waals surface area contributed by atoms with Crippen molar-refractivity contribution in [2.75, 3.05) is 33.6 Å².